The van der Waals surface area contributed by atoms with Crippen LogP contribution in [0, 0.1) is 13.8 Å². The molecule has 1 N–H and O–H groups in total. The number of hydrogen-bond acceptors (Lipinski definition) is 2. The van der Waals surface area contributed by atoms with Gasteiger partial charge in [-0.05, 0) is 39.3 Å². The number of hydrogen-bond donors (Lipinski definition) is 1. The van der Waals surface area contributed by atoms with Crippen LogP contribution in [-0.4, -0.2) is 18.4 Å². The van der Waals surface area contributed by atoms with E-state index in [0.29, 0.717) is 0 Å². The molecular weight excluding hydrogens is 222 g/mol. The van der Waals surface area contributed by atoms with Crippen molar-refractivity contribution in [3.8, 4) is 0 Å². The van der Waals surface area contributed by atoms with E-state index in [1.165, 1.54) is 18.4 Å². The Bertz CT molecular complexity index is 398. The van der Waals surface area contributed by atoms with Gasteiger partial charge >= 0.3 is 0 Å². The third-order valence-corrected chi connectivity index (χ3v) is 3.27. The van der Waals surface area contributed by atoms with Gasteiger partial charge < -0.3 is 5.32 Å². The molecule has 0 aliphatic carbocycles. The minimum atomic E-state index is -0.0942. The van der Waals surface area contributed by atoms with Crippen LogP contribution in [0.5, 0.6) is 0 Å². The quantitative estimate of drug-likeness (QED) is 0.588. The first-order valence-electron chi connectivity index (χ1n) is 6.91. The number of carbonyl (C=O) groups is 1. The third-order valence-electron chi connectivity index (χ3n) is 3.27. The number of Topliss-reactive ketones (excluding diaryl/α,β-unsaturated/α-hetero) is 1. The predicted octanol–water partition coefficient (Wildman–Crippen LogP) is 3.65. The summed E-state index contributed by atoms with van der Waals surface area (Å²) >= 11 is 0. The average molecular weight is 247 g/mol. The molecule has 2 heteroatoms. The van der Waals surface area contributed by atoms with Crippen LogP contribution in [0.2, 0.25) is 0 Å². The Labute approximate surface area is 111 Å². The standard InChI is InChI=1S/C16H25NO/c1-5-6-7-10-17-14(4)16(18)15-9-8-12(2)11-13(15)3/h8-9,11,14,17H,5-7,10H2,1-4H3. The molecule has 0 heterocycles. The highest BCUT2D eigenvalue weighted by molar-refractivity contribution is 6.01. The Morgan fingerprint density at radius 2 is 2.00 bits per heavy atom. The fourth-order valence-corrected chi connectivity index (χ4v) is 2.11. The van der Waals surface area contributed by atoms with Gasteiger partial charge in [0.2, 0.25) is 0 Å². The lowest BCUT2D eigenvalue weighted by molar-refractivity contribution is 0.0950. The molecule has 1 aromatic rings. The Balaban J connectivity index is 2.57. The summed E-state index contributed by atoms with van der Waals surface area (Å²) in [4.78, 5) is 12.3. The monoisotopic (exact) mass is 247 g/mol. The van der Waals surface area contributed by atoms with Crippen molar-refractivity contribution in [2.45, 2.75) is 53.0 Å². The number of benzene rings is 1. The van der Waals surface area contributed by atoms with Gasteiger partial charge in [0.05, 0.1) is 6.04 Å². The largest absolute Gasteiger partial charge is 0.307 e. The molecule has 0 fully saturated rings. The summed E-state index contributed by atoms with van der Waals surface area (Å²) in [6.45, 7) is 9.11. The van der Waals surface area contributed by atoms with E-state index in [4.69, 9.17) is 0 Å². The molecule has 0 saturated carbocycles. The van der Waals surface area contributed by atoms with Gasteiger partial charge in [-0.2, -0.15) is 0 Å². The molecule has 1 rings (SSSR count). The molecule has 0 aromatic heterocycles. The summed E-state index contributed by atoms with van der Waals surface area (Å²) < 4.78 is 0. The van der Waals surface area contributed by atoms with Crippen LogP contribution in [0.15, 0.2) is 18.2 Å². The van der Waals surface area contributed by atoms with Gasteiger partial charge in [0, 0.05) is 5.56 Å². The van der Waals surface area contributed by atoms with Crippen LogP contribution in [0.3, 0.4) is 0 Å². The molecule has 1 aromatic carbocycles. The minimum absolute atomic E-state index is 0.0942. The van der Waals surface area contributed by atoms with E-state index in [2.05, 4.69) is 18.3 Å². The molecule has 0 radical (unpaired) electrons. The van der Waals surface area contributed by atoms with Crippen molar-refractivity contribution in [2.75, 3.05) is 6.54 Å². The lowest BCUT2D eigenvalue weighted by Crippen LogP contribution is -2.35. The Kier molecular flexibility index (Phi) is 6.06. The van der Waals surface area contributed by atoms with E-state index in [9.17, 15) is 4.79 Å². The molecule has 1 unspecified atom stereocenters. The maximum absolute atomic E-state index is 12.3. The van der Waals surface area contributed by atoms with Crippen molar-refractivity contribution >= 4 is 5.78 Å². The second-order valence-electron chi connectivity index (χ2n) is 5.07. The van der Waals surface area contributed by atoms with Crippen molar-refractivity contribution in [2.24, 2.45) is 0 Å². The number of ketones is 1. The molecule has 0 amide bonds. The van der Waals surface area contributed by atoms with Crippen molar-refractivity contribution in [1.82, 2.24) is 5.32 Å². The molecule has 0 bridgehead atoms. The summed E-state index contributed by atoms with van der Waals surface area (Å²) in [6, 6.07) is 5.92. The van der Waals surface area contributed by atoms with Gasteiger partial charge in [0.25, 0.3) is 0 Å². The van der Waals surface area contributed by atoms with E-state index < -0.39 is 0 Å². The SMILES string of the molecule is CCCCCNC(C)C(=O)c1ccc(C)cc1C. The van der Waals surface area contributed by atoms with Gasteiger partial charge in [-0.25, -0.2) is 0 Å². The summed E-state index contributed by atoms with van der Waals surface area (Å²) in [6.07, 6.45) is 3.57. The molecule has 0 aliphatic rings. The first-order valence-corrected chi connectivity index (χ1v) is 6.91. The maximum Gasteiger partial charge on any atom is 0.179 e. The second kappa shape index (κ2) is 7.32. The Morgan fingerprint density at radius 1 is 1.28 bits per heavy atom. The number of unbranched alkanes of at least 4 members (excludes halogenated alkanes) is 2. The fourth-order valence-electron chi connectivity index (χ4n) is 2.11. The van der Waals surface area contributed by atoms with E-state index in [-0.39, 0.29) is 11.8 Å². The topological polar surface area (TPSA) is 29.1 Å². The minimum Gasteiger partial charge on any atom is -0.307 e. The molecule has 0 spiro atoms. The van der Waals surface area contributed by atoms with Crippen molar-refractivity contribution < 1.29 is 4.79 Å². The van der Waals surface area contributed by atoms with E-state index >= 15 is 0 Å². The third kappa shape index (κ3) is 4.26. The molecule has 2 nitrogen and oxygen atoms in total. The van der Waals surface area contributed by atoms with Crippen LogP contribution in [0.4, 0.5) is 0 Å². The van der Waals surface area contributed by atoms with Crippen LogP contribution in [0.1, 0.15) is 54.6 Å². The number of nitrogens with one attached hydrogen (secondary N) is 1. The number of aryl methyl sites for hydroxylation is 2. The number of carbonyl (C=O) groups excluding carboxylic acids is 1. The van der Waals surface area contributed by atoms with Crippen molar-refractivity contribution in [1.29, 1.82) is 0 Å². The van der Waals surface area contributed by atoms with Gasteiger partial charge in [-0.15, -0.1) is 0 Å². The highest BCUT2D eigenvalue weighted by atomic mass is 16.1. The zero-order valence-corrected chi connectivity index (χ0v) is 12.0. The molecular formula is C16H25NO. The van der Waals surface area contributed by atoms with Crippen LogP contribution < -0.4 is 5.32 Å². The van der Waals surface area contributed by atoms with Crippen molar-refractivity contribution in [3.05, 3.63) is 34.9 Å². The average Bonchev–Trinajstić information content (AvgIpc) is 2.33. The molecule has 1 atom stereocenters. The highest BCUT2D eigenvalue weighted by Crippen LogP contribution is 2.12. The van der Waals surface area contributed by atoms with Crippen molar-refractivity contribution in [3.63, 3.8) is 0 Å². The van der Waals surface area contributed by atoms with E-state index in [1.54, 1.807) is 0 Å². The summed E-state index contributed by atoms with van der Waals surface area (Å²) in [5.74, 6) is 0.198. The van der Waals surface area contributed by atoms with Crippen LogP contribution >= 0.6 is 0 Å². The molecule has 0 aliphatic heterocycles. The lowest BCUT2D eigenvalue weighted by Gasteiger charge is -2.14. The van der Waals surface area contributed by atoms with E-state index in [0.717, 1.165) is 24.1 Å². The molecule has 100 valence electrons. The Morgan fingerprint density at radius 3 is 2.61 bits per heavy atom. The normalized spacial score (nSPS) is 12.4. The summed E-state index contributed by atoms with van der Waals surface area (Å²) in [5.41, 5.74) is 3.12. The Hall–Kier alpha value is -1.15. The fraction of sp³-hybridized carbons (Fsp3) is 0.562. The van der Waals surface area contributed by atoms with Gasteiger partial charge in [0.1, 0.15) is 0 Å². The van der Waals surface area contributed by atoms with Crippen LogP contribution in [-0.2, 0) is 0 Å². The maximum atomic E-state index is 12.3. The highest BCUT2D eigenvalue weighted by Gasteiger charge is 2.16. The first kappa shape index (κ1) is 14.9. The van der Waals surface area contributed by atoms with Gasteiger partial charge in [-0.3, -0.25) is 4.79 Å². The second-order valence-corrected chi connectivity index (χ2v) is 5.07. The zero-order valence-electron chi connectivity index (χ0n) is 12.0. The van der Waals surface area contributed by atoms with Gasteiger partial charge in [-0.1, -0.05) is 43.5 Å². The lowest BCUT2D eigenvalue weighted by atomic mass is 9.98. The van der Waals surface area contributed by atoms with Gasteiger partial charge in [0.15, 0.2) is 5.78 Å². The summed E-state index contributed by atoms with van der Waals surface area (Å²) in [7, 11) is 0. The van der Waals surface area contributed by atoms with E-state index in [1.807, 2.05) is 32.9 Å². The van der Waals surface area contributed by atoms with Crippen LogP contribution in [0.25, 0.3) is 0 Å². The predicted molar refractivity (Wildman–Crippen MR) is 77.2 cm³/mol. The summed E-state index contributed by atoms with van der Waals surface area (Å²) in [5, 5.41) is 3.31. The first-order chi connectivity index (χ1) is 8.56. The molecule has 18 heavy (non-hydrogen) atoms. The molecule has 0 saturated heterocycles. The zero-order chi connectivity index (χ0) is 13.5. The number of rotatable bonds is 7. The smallest absolute Gasteiger partial charge is 0.179 e.